The molecular weight excluding hydrogens is 258 g/mol. The molecule has 0 saturated heterocycles. The number of hydrogen-bond donors (Lipinski definition) is 1. The first-order valence-corrected chi connectivity index (χ1v) is 7.06. The Morgan fingerprint density at radius 3 is 2.33 bits per heavy atom. The van der Waals surface area contributed by atoms with E-state index in [1.807, 2.05) is 42.8 Å². The molecule has 3 heteroatoms. The molecule has 106 valence electrons. The highest BCUT2D eigenvalue weighted by molar-refractivity contribution is 5.72. The summed E-state index contributed by atoms with van der Waals surface area (Å²) in [4.78, 5) is 0. The minimum Gasteiger partial charge on any atom is -0.399 e. The van der Waals surface area contributed by atoms with Crippen LogP contribution in [0, 0.1) is 20.8 Å². The second-order valence-electron chi connectivity index (χ2n) is 5.36. The molecule has 0 saturated carbocycles. The predicted octanol–water partition coefficient (Wildman–Crippen LogP) is 4.05. The van der Waals surface area contributed by atoms with Crippen molar-refractivity contribution in [2.24, 2.45) is 0 Å². The van der Waals surface area contributed by atoms with Gasteiger partial charge in [-0.1, -0.05) is 24.3 Å². The van der Waals surface area contributed by atoms with E-state index in [0.29, 0.717) is 0 Å². The maximum atomic E-state index is 5.92. The van der Waals surface area contributed by atoms with Gasteiger partial charge in [0, 0.05) is 16.9 Å². The fourth-order valence-electron chi connectivity index (χ4n) is 2.71. The third kappa shape index (κ3) is 2.31. The van der Waals surface area contributed by atoms with Crippen molar-refractivity contribution in [3.8, 4) is 16.8 Å². The van der Waals surface area contributed by atoms with E-state index in [2.05, 4.69) is 31.2 Å². The molecule has 0 unspecified atom stereocenters. The average molecular weight is 277 g/mol. The quantitative estimate of drug-likeness (QED) is 0.718. The lowest BCUT2D eigenvalue weighted by Crippen LogP contribution is -1.98. The molecule has 0 aliphatic rings. The van der Waals surface area contributed by atoms with Gasteiger partial charge in [-0.2, -0.15) is 5.10 Å². The molecule has 0 aliphatic heterocycles. The highest BCUT2D eigenvalue weighted by Gasteiger charge is 2.14. The third-order valence-corrected chi connectivity index (χ3v) is 3.85. The van der Waals surface area contributed by atoms with Crippen LogP contribution in [0.5, 0.6) is 0 Å². The number of aryl methyl sites for hydroxylation is 2. The Morgan fingerprint density at radius 1 is 0.952 bits per heavy atom. The van der Waals surface area contributed by atoms with Crippen molar-refractivity contribution in [1.29, 1.82) is 0 Å². The van der Waals surface area contributed by atoms with Crippen LogP contribution in [0.3, 0.4) is 0 Å². The summed E-state index contributed by atoms with van der Waals surface area (Å²) in [7, 11) is 0. The maximum Gasteiger partial charge on any atom is 0.0679 e. The van der Waals surface area contributed by atoms with Crippen molar-refractivity contribution in [3.63, 3.8) is 0 Å². The highest BCUT2D eigenvalue weighted by atomic mass is 15.3. The molecule has 3 aromatic rings. The van der Waals surface area contributed by atoms with E-state index in [4.69, 9.17) is 10.8 Å². The molecule has 3 rings (SSSR count). The van der Waals surface area contributed by atoms with Crippen LogP contribution in [-0.4, -0.2) is 9.78 Å². The summed E-state index contributed by atoms with van der Waals surface area (Å²) in [6, 6.07) is 16.4. The van der Waals surface area contributed by atoms with Crippen molar-refractivity contribution in [1.82, 2.24) is 9.78 Å². The van der Waals surface area contributed by atoms with E-state index in [1.165, 1.54) is 11.1 Å². The zero-order chi connectivity index (χ0) is 15.0. The van der Waals surface area contributed by atoms with Gasteiger partial charge in [0.25, 0.3) is 0 Å². The van der Waals surface area contributed by atoms with Gasteiger partial charge in [0.05, 0.1) is 11.4 Å². The van der Waals surface area contributed by atoms with E-state index in [1.54, 1.807) is 0 Å². The van der Waals surface area contributed by atoms with Crippen LogP contribution in [-0.2, 0) is 0 Å². The normalized spacial score (nSPS) is 10.8. The first-order valence-electron chi connectivity index (χ1n) is 7.06. The van der Waals surface area contributed by atoms with Gasteiger partial charge in [-0.3, -0.25) is 0 Å². The van der Waals surface area contributed by atoms with Gasteiger partial charge >= 0.3 is 0 Å². The van der Waals surface area contributed by atoms with E-state index in [-0.39, 0.29) is 0 Å². The Bertz CT molecular complexity index is 786. The number of nitrogen functional groups attached to an aromatic ring is 1. The lowest BCUT2D eigenvalue weighted by Gasteiger charge is -2.07. The topological polar surface area (TPSA) is 43.8 Å². The molecule has 0 spiro atoms. The van der Waals surface area contributed by atoms with Crippen LogP contribution < -0.4 is 5.73 Å². The molecule has 3 nitrogen and oxygen atoms in total. The Balaban J connectivity index is 2.16. The monoisotopic (exact) mass is 277 g/mol. The van der Waals surface area contributed by atoms with Crippen LogP contribution in [0.1, 0.15) is 17.0 Å². The van der Waals surface area contributed by atoms with Gasteiger partial charge in [-0.05, 0) is 56.2 Å². The average Bonchev–Trinajstić information content (AvgIpc) is 2.78. The molecule has 2 N–H and O–H groups in total. The molecule has 0 radical (unpaired) electrons. The minimum atomic E-state index is 0.824. The zero-order valence-electron chi connectivity index (χ0n) is 12.6. The zero-order valence-corrected chi connectivity index (χ0v) is 12.6. The summed E-state index contributed by atoms with van der Waals surface area (Å²) >= 11 is 0. The van der Waals surface area contributed by atoms with Gasteiger partial charge in [-0.15, -0.1) is 0 Å². The molecule has 1 heterocycles. The number of benzene rings is 2. The van der Waals surface area contributed by atoms with Crippen molar-refractivity contribution in [2.45, 2.75) is 20.8 Å². The van der Waals surface area contributed by atoms with Crippen molar-refractivity contribution in [2.75, 3.05) is 5.73 Å². The van der Waals surface area contributed by atoms with Gasteiger partial charge < -0.3 is 5.73 Å². The summed E-state index contributed by atoms with van der Waals surface area (Å²) in [5.74, 6) is 0. The number of rotatable bonds is 2. The first-order chi connectivity index (χ1) is 10.1. The van der Waals surface area contributed by atoms with Gasteiger partial charge in [0.2, 0.25) is 0 Å². The minimum absolute atomic E-state index is 0.824. The third-order valence-electron chi connectivity index (χ3n) is 3.85. The van der Waals surface area contributed by atoms with Crippen molar-refractivity contribution in [3.05, 3.63) is 65.5 Å². The fraction of sp³-hybridized carbons (Fsp3) is 0.167. The summed E-state index contributed by atoms with van der Waals surface area (Å²) in [6.45, 7) is 6.19. The molecule has 21 heavy (non-hydrogen) atoms. The summed E-state index contributed by atoms with van der Waals surface area (Å²) < 4.78 is 2.00. The van der Waals surface area contributed by atoms with E-state index in [0.717, 1.165) is 28.3 Å². The second kappa shape index (κ2) is 5.09. The summed E-state index contributed by atoms with van der Waals surface area (Å²) in [5.41, 5.74) is 13.4. The van der Waals surface area contributed by atoms with Crippen molar-refractivity contribution >= 4 is 5.69 Å². The molecule has 1 aromatic heterocycles. The Morgan fingerprint density at radius 2 is 1.67 bits per heavy atom. The molecule has 0 atom stereocenters. The number of hydrogen-bond acceptors (Lipinski definition) is 2. The van der Waals surface area contributed by atoms with Crippen LogP contribution in [0.4, 0.5) is 5.69 Å². The predicted molar refractivity (Wildman–Crippen MR) is 87.6 cm³/mol. The summed E-state index contributed by atoms with van der Waals surface area (Å²) in [5, 5.41) is 4.69. The highest BCUT2D eigenvalue weighted by Crippen LogP contribution is 2.30. The largest absolute Gasteiger partial charge is 0.399 e. The summed E-state index contributed by atoms with van der Waals surface area (Å²) in [6.07, 6.45) is 0. The second-order valence-corrected chi connectivity index (χ2v) is 5.36. The fourth-order valence-corrected chi connectivity index (χ4v) is 2.71. The lowest BCUT2D eigenvalue weighted by atomic mass is 10.0. The van der Waals surface area contributed by atoms with Crippen LogP contribution in [0.2, 0.25) is 0 Å². The van der Waals surface area contributed by atoms with Gasteiger partial charge in [0.1, 0.15) is 0 Å². The Kier molecular flexibility index (Phi) is 3.26. The Hall–Kier alpha value is -2.55. The van der Waals surface area contributed by atoms with E-state index in [9.17, 15) is 0 Å². The number of nitrogens with zero attached hydrogens (tertiary/aromatic N) is 2. The lowest BCUT2D eigenvalue weighted by molar-refractivity contribution is 0.834. The maximum absolute atomic E-state index is 5.92. The molecule has 0 aliphatic carbocycles. The first kappa shape index (κ1) is 13.4. The van der Waals surface area contributed by atoms with E-state index >= 15 is 0 Å². The number of anilines is 1. The van der Waals surface area contributed by atoms with Crippen LogP contribution >= 0.6 is 0 Å². The molecular formula is C18H19N3. The standard InChI is InChI=1S/C18H19N3/c1-12-11-15(9-10-17(12)19)18-13(2)20-21(14(18)3)16-7-5-4-6-8-16/h4-11H,19H2,1-3H3. The molecule has 2 aromatic carbocycles. The van der Waals surface area contributed by atoms with Gasteiger partial charge in [-0.25, -0.2) is 4.68 Å². The van der Waals surface area contributed by atoms with Crippen molar-refractivity contribution < 1.29 is 0 Å². The molecule has 0 bridgehead atoms. The molecule has 0 fully saturated rings. The van der Waals surface area contributed by atoms with Crippen LogP contribution in [0.15, 0.2) is 48.5 Å². The molecule has 0 amide bonds. The van der Waals surface area contributed by atoms with E-state index < -0.39 is 0 Å². The van der Waals surface area contributed by atoms with Gasteiger partial charge in [0.15, 0.2) is 0 Å². The smallest absolute Gasteiger partial charge is 0.0679 e. The number of aromatic nitrogens is 2. The number of para-hydroxylation sites is 1. The Labute approximate surface area is 125 Å². The SMILES string of the molecule is Cc1cc(-c2c(C)nn(-c3ccccc3)c2C)ccc1N. The number of nitrogens with two attached hydrogens (primary N) is 1. The van der Waals surface area contributed by atoms with Crippen LogP contribution in [0.25, 0.3) is 16.8 Å².